The van der Waals surface area contributed by atoms with Crippen molar-refractivity contribution in [2.45, 2.75) is 19.6 Å². The van der Waals surface area contributed by atoms with E-state index in [0.29, 0.717) is 12.1 Å². The molecular formula is C24H14ClF2N5O14S4. The average molecular weight is 798 g/mol. The second-order valence-corrected chi connectivity index (χ2v) is 15.7. The van der Waals surface area contributed by atoms with E-state index in [0.717, 1.165) is 18.2 Å². The van der Waals surface area contributed by atoms with E-state index in [2.05, 4.69) is 25.5 Å². The fourth-order valence-corrected chi connectivity index (χ4v) is 7.35. The second-order valence-electron chi connectivity index (χ2n) is 9.77. The van der Waals surface area contributed by atoms with Gasteiger partial charge in [0.15, 0.2) is 17.3 Å². The van der Waals surface area contributed by atoms with Crippen LogP contribution >= 0.6 is 11.6 Å². The highest BCUT2D eigenvalue weighted by atomic mass is 35.5. The SMILES string of the molecule is O=S(=O)(O)c1cc(S(=O)(=O)O)c2c(O)c(N=Nc3c(S(=O)(=O)O)cc4cc(Nc5nc(F)nc(F)c5Cl)ccc4c3O)cc(S(=O)(=O)O)c2c1. The number of benzene rings is 4. The maximum absolute atomic E-state index is 13.7. The largest absolute Gasteiger partial charge is 0.505 e. The van der Waals surface area contributed by atoms with Gasteiger partial charge in [0, 0.05) is 21.8 Å². The van der Waals surface area contributed by atoms with Gasteiger partial charge < -0.3 is 15.5 Å². The topological polar surface area (TPSA) is 320 Å². The molecule has 0 radical (unpaired) electrons. The number of azo groups is 1. The van der Waals surface area contributed by atoms with Gasteiger partial charge in [-0.1, -0.05) is 11.6 Å². The molecule has 0 amide bonds. The Balaban J connectivity index is 1.75. The highest BCUT2D eigenvalue weighted by Crippen LogP contribution is 2.46. The van der Waals surface area contributed by atoms with Crippen molar-refractivity contribution in [1.82, 2.24) is 9.97 Å². The van der Waals surface area contributed by atoms with Crippen molar-refractivity contribution in [3.05, 3.63) is 59.5 Å². The summed E-state index contributed by atoms with van der Waals surface area (Å²) in [7, 11) is -21.7. The Morgan fingerprint density at radius 1 is 0.680 bits per heavy atom. The van der Waals surface area contributed by atoms with Crippen LogP contribution in [0.25, 0.3) is 21.5 Å². The van der Waals surface area contributed by atoms with E-state index < -0.39 is 117 Å². The normalized spacial score (nSPS) is 13.0. The lowest BCUT2D eigenvalue weighted by atomic mass is 10.1. The molecular weight excluding hydrogens is 784 g/mol. The van der Waals surface area contributed by atoms with E-state index in [-0.39, 0.29) is 22.5 Å². The molecule has 4 aromatic carbocycles. The summed E-state index contributed by atoms with van der Waals surface area (Å²) in [6, 6.07) is 4.86. The molecule has 0 fully saturated rings. The molecule has 19 nitrogen and oxygen atoms in total. The van der Waals surface area contributed by atoms with Crippen LogP contribution in [0.15, 0.2) is 72.3 Å². The molecule has 0 spiro atoms. The number of aromatic hydroxyl groups is 2. The van der Waals surface area contributed by atoms with E-state index in [9.17, 15) is 70.9 Å². The monoisotopic (exact) mass is 797 g/mol. The summed E-state index contributed by atoms with van der Waals surface area (Å²) in [5.41, 5.74) is -2.21. The van der Waals surface area contributed by atoms with Crippen molar-refractivity contribution in [3.63, 3.8) is 0 Å². The molecule has 5 aromatic rings. The Bertz CT molecular complexity index is 2800. The third kappa shape index (κ3) is 6.98. The van der Waals surface area contributed by atoms with Crippen LogP contribution in [-0.4, -0.2) is 72.1 Å². The predicted molar refractivity (Wildman–Crippen MR) is 165 cm³/mol. The van der Waals surface area contributed by atoms with Gasteiger partial charge in [-0.3, -0.25) is 18.2 Å². The van der Waals surface area contributed by atoms with Gasteiger partial charge in [-0.15, -0.1) is 10.2 Å². The number of rotatable bonds is 8. The number of fused-ring (bicyclic) bond motifs is 2. The molecule has 0 bridgehead atoms. The quantitative estimate of drug-likeness (QED) is 0.0499. The number of aromatic nitrogens is 2. The van der Waals surface area contributed by atoms with E-state index in [1.807, 2.05) is 0 Å². The van der Waals surface area contributed by atoms with Gasteiger partial charge in [0.2, 0.25) is 5.95 Å². The summed E-state index contributed by atoms with van der Waals surface area (Å²) in [6.45, 7) is 0. The molecule has 0 aliphatic heterocycles. The van der Waals surface area contributed by atoms with Crippen LogP contribution in [0, 0.1) is 12.0 Å². The van der Waals surface area contributed by atoms with Crippen LogP contribution in [0.5, 0.6) is 11.5 Å². The first-order chi connectivity index (χ1) is 22.9. The standard InChI is InChI=1S/C24H14ClF2N5O14S4/c25-18-22(26)29-24(27)30-23(18)28-9-1-2-11-8(3-9)4-16(50(44,45)46)19(20(11)33)32-31-13-7-14(48(38,39)40)12-5-10(47(35,36)37)6-15(49(41,42)43)17(12)21(13)34/h1-7,33-34H,(H,28,29,30)(H,35,36,37)(H,38,39,40)(H,41,42,43)(H,44,45,46). The Labute approximate surface area is 282 Å². The summed E-state index contributed by atoms with van der Waals surface area (Å²) in [5.74, 6) is -4.37. The molecule has 264 valence electrons. The molecule has 0 unspecified atom stereocenters. The Hall–Kier alpha value is -4.73. The van der Waals surface area contributed by atoms with Crippen LogP contribution in [0.4, 0.5) is 31.7 Å². The van der Waals surface area contributed by atoms with E-state index in [4.69, 9.17) is 11.6 Å². The van der Waals surface area contributed by atoms with Crippen molar-refractivity contribution in [1.29, 1.82) is 0 Å². The predicted octanol–water partition coefficient (Wildman–Crippen LogP) is 4.27. The van der Waals surface area contributed by atoms with Crippen molar-refractivity contribution in [2.75, 3.05) is 5.32 Å². The van der Waals surface area contributed by atoms with Gasteiger partial charge in [0.25, 0.3) is 40.5 Å². The Morgan fingerprint density at radius 2 is 1.30 bits per heavy atom. The lowest BCUT2D eigenvalue weighted by molar-refractivity contribution is 0.470. The molecule has 1 aromatic heterocycles. The molecule has 1 heterocycles. The number of nitrogens with one attached hydrogen (secondary N) is 1. The number of phenolic OH excluding ortho intramolecular Hbond substituents is 2. The van der Waals surface area contributed by atoms with Crippen molar-refractivity contribution < 1.29 is 70.9 Å². The number of hydrogen-bond donors (Lipinski definition) is 7. The molecule has 0 aliphatic rings. The number of halogens is 3. The lowest BCUT2D eigenvalue weighted by Gasteiger charge is -2.13. The minimum atomic E-state index is -5.56. The van der Waals surface area contributed by atoms with Gasteiger partial charge in [-0.05, 0) is 47.9 Å². The first-order valence-electron chi connectivity index (χ1n) is 12.5. The van der Waals surface area contributed by atoms with Gasteiger partial charge in [-0.2, -0.15) is 52.4 Å². The zero-order chi connectivity index (χ0) is 37.3. The van der Waals surface area contributed by atoms with Crippen LogP contribution < -0.4 is 5.32 Å². The van der Waals surface area contributed by atoms with Crippen LogP contribution in [0.1, 0.15) is 0 Å². The molecule has 0 aliphatic carbocycles. The summed E-state index contributed by atoms with van der Waals surface area (Å²) in [6.07, 6.45) is -1.49. The van der Waals surface area contributed by atoms with Gasteiger partial charge >= 0.3 is 6.08 Å². The van der Waals surface area contributed by atoms with Gasteiger partial charge in [0.1, 0.15) is 31.1 Å². The summed E-state index contributed by atoms with van der Waals surface area (Å²) >= 11 is 5.74. The zero-order valence-corrected chi connectivity index (χ0v) is 27.6. The lowest BCUT2D eigenvalue weighted by Crippen LogP contribution is -2.07. The maximum Gasteiger partial charge on any atom is 0.313 e. The molecule has 5 rings (SSSR count). The number of phenols is 2. The van der Waals surface area contributed by atoms with E-state index >= 15 is 0 Å². The first-order valence-corrected chi connectivity index (χ1v) is 18.6. The third-order valence-corrected chi connectivity index (χ3v) is 10.4. The third-order valence-electron chi connectivity index (χ3n) is 6.57. The molecule has 50 heavy (non-hydrogen) atoms. The Morgan fingerprint density at radius 3 is 1.88 bits per heavy atom. The minimum Gasteiger partial charge on any atom is -0.505 e. The highest BCUT2D eigenvalue weighted by molar-refractivity contribution is 7.87. The summed E-state index contributed by atoms with van der Waals surface area (Å²) < 4.78 is 163. The Kier molecular flexibility index (Phi) is 8.95. The smallest absolute Gasteiger partial charge is 0.313 e. The zero-order valence-electron chi connectivity index (χ0n) is 23.5. The van der Waals surface area contributed by atoms with Crippen LogP contribution in [0.2, 0.25) is 5.02 Å². The summed E-state index contributed by atoms with van der Waals surface area (Å²) in [5, 5.41) is 27.9. The maximum atomic E-state index is 13.7. The number of anilines is 2. The molecule has 0 saturated heterocycles. The highest BCUT2D eigenvalue weighted by Gasteiger charge is 2.29. The van der Waals surface area contributed by atoms with Crippen LogP contribution in [0.3, 0.4) is 0 Å². The van der Waals surface area contributed by atoms with Crippen LogP contribution in [-0.2, 0) is 40.5 Å². The van der Waals surface area contributed by atoms with Gasteiger partial charge in [-0.25, -0.2) is 0 Å². The fraction of sp³-hybridized carbons (Fsp3) is 0. The number of hydrogen-bond acceptors (Lipinski definition) is 15. The number of nitrogens with zero attached hydrogens (tertiary/aromatic N) is 4. The minimum absolute atomic E-state index is 0.0439. The molecule has 26 heteroatoms. The summed E-state index contributed by atoms with van der Waals surface area (Å²) in [4.78, 5) is 0.754. The molecule has 0 atom stereocenters. The van der Waals surface area contributed by atoms with Gasteiger partial charge in [0.05, 0.1) is 4.90 Å². The first kappa shape index (κ1) is 36.5. The second kappa shape index (κ2) is 12.2. The molecule has 0 saturated carbocycles. The average Bonchev–Trinajstić information content (AvgIpc) is 2.97. The van der Waals surface area contributed by atoms with Crippen molar-refractivity contribution in [2.24, 2.45) is 10.2 Å². The van der Waals surface area contributed by atoms with Crippen molar-refractivity contribution >= 4 is 96.5 Å². The molecule has 7 N–H and O–H groups in total. The van der Waals surface area contributed by atoms with Crippen molar-refractivity contribution in [3.8, 4) is 11.5 Å². The van der Waals surface area contributed by atoms with E-state index in [1.54, 1.807) is 0 Å². The fourth-order valence-electron chi connectivity index (χ4n) is 4.51. The van der Waals surface area contributed by atoms with E-state index in [1.165, 1.54) is 6.07 Å².